The van der Waals surface area contributed by atoms with E-state index < -0.39 is 0 Å². The minimum absolute atomic E-state index is 0.738. The number of halogens is 1. The van der Waals surface area contributed by atoms with E-state index in [4.69, 9.17) is 21.1 Å². The van der Waals surface area contributed by atoms with Gasteiger partial charge in [-0.1, -0.05) is 17.7 Å². The Hall–Kier alpha value is -2.79. The Morgan fingerprint density at radius 2 is 1.82 bits per heavy atom. The van der Waals surface area contributed by atoms with Crippen molar-refractivity contribution in [1.82, 2.24) is 10.3 Å². The third kappa shape index (κ3) is 3.62. The highest BCUT2D eigenvalue weighted by molar-refractivity contribution is 6.30. The molecule has 0 bridgehead atoms. The van der Waals surface area contributed by atoms with Crippen LogP contribution in [0.1, 0.15) is 12.5 Å². The molecule has 2 aromatic rings. The second-order valence-corrected chi connectivity index (χ2v) is 7.40. The summed E-state index contributed by atoms with van der Waals surface area (Å²) in [6.45, 7) is 4.63. The summed E-state index contributed by atoms with van der Waals surface area (Å²) in [4.78, 5) is 2.37. The second kappa shape index (κ2) is 7.68. The maximum Gasteiger partial charge on any atom is 0.122 e. The molecule has 0 amide bonds. The van der Waals surface area contributed by atoms with E-state index in [1.165, 1.54) is 17.0 Å². The summed E-state index contributed by atoms with van der Waals surface area (Å²) in [5.74, 6) is 1.62. The van der Waals surface area contributed by atoms with E-state index in [2.05, 4.69) is 46.5 Å². The summed E-state index contributed by atoms with van der Waals surface area (Å²) < 4.78 is 10.8. The molecule has 28 heavy (non-hydrogen) atoms. The van der Waals surface area contributed by atoms with E-state index >= 15 is 0 Å². The molecule has 4 rings (SSSR count). The van der Waals surface area contributed by atoms with Gasteiger partial charge in [0.15, 0.2) is 0 Å². The lowest BCUT2D eigenvalue weighted by Crippen LogP contribution is -2.30. The second-order valence-electron chi connectivity index (χ2n) is 6.96. The fraction of sp³-hybridized carbons (Fsp3) is 0.273. The quantitative estimate of drug-likeness (QED) is 0.811. The van der Waals surface area contributed by atoms with Crippen LogP contribution < -0.4 is 19.9 Å². The van der Waals surface area contributed by atoms with Gasteiger partial charge in [0.05, 0.1) is 32.1 Å². The van der Waals surface area contributed by atoms with Crippen LogP contribution >= 0.6 is 11.6 Å². The molecule has 2 aliphatic rings. The number of benzene rings is 2. The molecule has 0 atom stereocenters. The number of allylic oxidation sites excluding steroid dienone is 1. The van der Waals surface area contributed by atoms with Crippen LogP contribution in [0.25, 0.3) is 0 Å². The van der Waals surface area contributed by atoms with Crippen LogP contribution in [0, 0.1) is 0 Å². The zero-order valence-corrected chi connectivity index (χ0v) is 17.1. The lowest BCUT2D eigenvalue weighted by molar-refractivity contribution is 0.358. The number of hydrogen-bond donors (Lipinski definition) is 1. The molecule has 2 aliphatic heterocycles. The summed E-state index contributed by atoms with van der Waals surface area (Å²) in [5, 5.41) is 2.87. The topological polar surface area (TPSA) is 37.0 Å². The SMILES string of the molecule is COc1cc(CN2CC=C3NN(c4cccc(Cl)c4)CC3=C2C)cc(OC)c1. The minimum atomic E-state index is 0.738. The van der Waals surface area contributed by atoms with Crippen LogP contribution in [0.4, 0.5) is 5.69 Å². The zero-order chi connectivity index (χ0) is 19.7. The molecular formula is C22H24ClN3O2. The molecule has 0 saturated carbocycles. The van der Waals surface area contributed by atoms with Crippen LogP contribution in [0.3, 0.4) is 0 Å². The van der Waals surface area contributed by atoms with Gasteiger partial charge in [-0.15, -0.1) is 0 Å². The van der Waals surface area contributed by atoms with Gasteiger partial charge in [0.2, 0.25) is 0 Å². The highest BCUT2D eigenvalue weighted by Crippen LogP contribution is 2.32. The molecule has 0 aromatic heterocycles. The first-order chi connectivity index (χ1) is 13.6. The van der Waals surface area contributed by atoms with Gasteiger partial charge in [-0.2, -0.15) is 0 Å². The standard InChI is InChI=1S/C22H24ClN3O2/c1-15-21-14-26(18-6-4-5-17(23)11-18)24-22(21)7-8-25(15)13-16-9-19(27-2)12-20(10-16)28-3/h4-7,9-12,24H,8,13-14H2,1-3H3. The van der Waals surface area contributed by atoms with Crippen molar-refractivity contribution in [3.8, 4) is 11.5 Å². The summed E-state index contributed by atoms with van der Waals surface area (Å²) in [5.41, 5.74) is 9.48. The molecule has 146 valence electrons. The third-order valence-electron chi connectivity index (χ3n) is 5.23. The highest BCUT2D eigenvalue weighted by atomic mass is 35.5. The Morgan fingerprint density at radius 3 is 2.50 bits per heavy atom. The predicted molar refractivity (Wildman–Crippen MR) is 113 cm³/mol. The number of nitrogens with one attached hydrogen (secondary N) is 1. The summed E-state index contributed by atoms with van der Waals surface area (Å²) in [6, 6.07) is 13.9. The van der Waals surface area contributed by atoms with Gasteiger partial charge in [-0.3, -0.25) is 10.4 Å². The summed E-state index contributed by atoms with van der Waals surface area (Å²) >= 11 is 6.16. The zero-order valence-electron chi connectivity index (χ0n) is 16.3. The van der Waals surface area contributed by atoms with Crippen LogP contribution in [-0.2, 0) is 6.54 Å². The largest absolute Gasteiger partial charge is 0.497 e. The summed E-state index contributed by atoms with van der Waals surface area (Å²) in [7, 11) is 3.35. The maximum absolute atomic E-state index is 6.16. The van der Waals surface area contributed by atoms with Crippen molar-refractivity contribution in [3.63, 3.8) is 0 Å². The molecule has 5 nitrogen and oxygen atoms in total. The Balaban J connectivity index is 1.55. The van der Waals surface area contributed by atoms with Crippen molar-refractivity contribution >= 4 is 17.3 Å². The monoisotopic (exact) mass is 397 g/mol. The van der Waals surface area contributed by atoms with Crippen molar-refractivity contribution in [2.45, 2.75) is 13.5 Å². The first-order valence-corrected chi connectivity index (χ1v) is 9.62. The first-order valence-electron chi connectivity index (χ1n) is 9.24. The molecule has 0 unspecified atom stereocenters. The number of ether oxygens (including phenoxy) is 2. The summed E-state index contributed by atoms with van der Waals surface area (Å²) in [6.07, 6.45) is 2.24. The molecule has 6 heteroatoms. The molecule has 1 fully saturated rings. The molecule has 2 heterocycles. The van der Waals surface area contributed by atoms with Crippen LogP contribution in [-0.4, -0.2) is 32.2 Å². The Kier molecular flexibility index (Phi) is 5.09. The molecule has 0 radical (unpaired) electrons. The van der Waals surface area contributed by atoms with Gasteiger partial charge in [-0.25, -0.2) is 0 Å². The fourth-order valence-electron chi connectivity index (χ4n) is 3.66. The number of anilines is 1. The first kappa shape index (κ1) is 18.6. The molecule has 1 saturated heterocycles. The van der Waals surface area contributed by atoms with Crippen LogP contribution in [0.2, 0.25) is 5.02 Å². The van der Waals surface area contributed by atoms with Crippen molar-refractivity contribution in [2.24, 2.45) is 0 Å². The Labute approximate surface area is 170 Å². The van der Waals surface area contributed by atoms with Gasteiger partial charge >= 0.3 is 0 Å². The van der Waals surface area contributed by atoms with E-state index in [9.17, 15) is 0 Å². The van der Waals surface area contributed by atoms with E-state index in [1.807, 2.05) is 24.3 Å². The van der Waals surface area contributed by atoms with E-state index in [0.717, 1.165) is 47.4 Å². The van der Waals surface area contributed by atoms with E-state index in [-0.39, 0.29) is 0 Å². The van der Waals surface area contributed by atoms with E-state index in [0.29, 0.717) is 0 Å². The third-order valence-corrected chi connectivity index (χ3v) is 5.46. The maximum atomic E-state index is 6.16. The van der Waals surface area contributed by atoms with Gasteiger partial charge in [-0.05, 0) is 48.9 Å². The Bertz CT molecular complexity index is 932. The molecule has 2 aromatic carbocycles. The highest BCUT2D eigenvalue weighted by Gasteiger charge is 2.28. The average Bonchev–Trinajstić information content (AvgIpc) is 3.15. The van der Waals surface area contributed by atoms with Crippen molar-refractivity contribution in [2.75, 3.05) is 32.3 Å². The number of fused-ring (bicyclic) bond motifs is 1. The van der Waals surface area contributed by atoms with Crippen molar-refractivity contribution in [3.05, 3.63) is 76.1 Å². The van der Waals surface area contributed by atoms with Gasteiger partial charge < -0.3 is 14.4 Å². The predicted octanol–water partition coefficient (Wildman–Crippen LogP) is 4.36. The average molecular weight is 398 g/mol. The fourth-order valence-corrected chi connectivity index (χ4v) is 3.85. The lowest BCUT2D eigenvalue weighted by Gasteiger charge is -2.29. The van der Waals surface area contributed by atoms with E-state index in [1.54, 1.807) is 14.2 Å². The Morgan fingerprint density at radius 1 is 1.07 bits per heavy atom. The van der Waals surface area contributed by atoms with Gasteiger partial charge in [0.1, 0.15) is 11.5 Å². The number of rotatable bonds is 5. The number of nitrogens with zero attached hydrogens (tertiary/aromatic N) is 2. The lowest BCUT2D eigenvalue weighted by atomic mass is 10.1. The van der Waals surface area contributed by atoms with Crippen molar-refractivity contribution in [1.29, 1.82) is 0 Å². The number of hydrogen-bond acceptors (Lipinski definition) is 5. The number of hydrazine groups is 1. The van der Waals surface area contributed by atoms with Crippen LogP contribution in [0.15, 0.2) is 65.5 Å². The smallest absolute Gasteiger partial charge is 0.122 e. The van der Waals surface area contributed by atoms with Gasteiger partial charge in [0, 0.05) is 35.4 Å². The molecule has 0 spiro atoms. The molecule has 1 N–H and O–H groups in total. The van der Waals surface area contributed by atoms with Gasteiger partial charge in [0.25, 0.3) is 0 Å². The normalized spacial score (nSPS) is 15.9. The minimum Gasteiger partial charge on any atom is -0.497 e. The van der Waals surface area contributed by atoms with Crippen molar-refractivity contribution < 1.29 is 9.47 Å². The molecular weight excluding hydrogens is 374 g/mol. The number of methoxy groups -OCH3 is 2. The van der Waals surface area contributed by atoms with Crippen LogP contribution in [0.5, 0.6) is 11.5 Å². The molecule has 0 aliphatic carbocycles.